The highest BCUT2D eigenvalue weighted by Gasteiger charge is 2.26. The van der Waals surface area contributed by atoms with Crippen LogP contribution in [0.2, 0.25) is 0 Å². The lowest BCUT2D eigenvalue weighted by Crippen LogP contribution is -2.12. The fraction of sp³-hybridized carbons (Fsp3) is 0.167. The molecule has 0 aliphatic carbocycles. The smallest absolute Gasteiger partial charge is 0.131 e. The van der Waals surface area contributed by atoms with Crippen LogP contribution in [0.25, 0.3) is 10.6 Å². The summed E-state index contributed by atoms with van der Waals surface area (Å²) in [7, 11) is 0. The molecule has 4 rings (SSSR count). The van der Waals surface area contributed by atoms with Gasteiger partial charge >= 0.3 is 0 Å². The molecule has 3 aromatic rings. The zero-order valence-corrected chi connectivity index (χ0v) is 14.1. The van der Waals surface area contributed by atoms with E-state index in [-0.39, 0.29) is 6.04 Å². The summed E-state index contributed by atoms with van der Waals surface area (Å²) >= 11 is 1.54. The van der Waals surface area contributed by atoms with Crippen LogP contribution >= 0.6 is 11.3 Å². The molecule has 1 atom stereocenters. The summed E-state index contributed by atoms with van der Waals surface area (Å²) in [5, 5.41) is 5.23. The van der Waals surface area contributed by atoms with Crippen molar-refractivity contribution in [2.24, 2.45) is 5.10 Å². The van der Waals surface area contributed by atoms with E-state index < -0.39 is 11.6 Å². The first kappa shape index (κ1) is 15.8. The Labute approximate surface area is 147 Å². The molecule has 0 saturated carbocycles. The number of aromatic nitrogens is 2. The van der Waals surface area contributed by atoms with Crippen molar-refractivity contribution in [3.63, 3.8) is 0 Å². The SMILES string of the molecule is Cc1nc(-c2cccnc2)sc1C1=NNC(c2ccc(F)cc2F)C1. The molecule has 7 heteroatoms. The molecule has 0 spiro atoms. The van der Waals surface area contributed by atoms with Crippen LogP contribution in [0.3, 0.4) is 0 Å². The summed E-state index contributed by atoms with van der Waals surface area (Å²) in [6.45, 7) is 1.93. The molecule has 1 aromatic carbocycles. The Morgan fingerprint density at radius 2 is 2.12 bits per heavy atom. The zero-order valence-electron chi connectivity index (χ0n) is 13.3. The minimum atomic E-state index is -0.584. The van der Waals surface area contributed by atoms with Crippen LogP contribution in [0.15, 0.2) is 47.8 Å². The van der Waals surface area contributed by atoms with E-state index in [9.17, 15) is 8.78 Å². The number of hydrogen-bond acceptors (Lipinski definition) is 5. The van der Waals surface area contributed by atoms with Gasteiger partial charge in [-0.25, -0.2) is 13.8 Å². The molecule has 0 saturated heterocycles. The van der Waals surface area contributed by atoms with Gasteiger partial charge in [-0.2, -0.15) is 5.10 Å². The predicted molar refractivity (Wildman–Crippen MR) is 93.5 cm³/mol. The third-order valence-corrected chi connectivity index (χ3v) is 5.31. The normalized spacial score (nSPS) is 16.6. The van der Waals surface area contributed by atoms with Crippen molar-refractivity contribution in [3.05, 3.63) is 70.5 Å². The Kier molecular flexibility index (Phi) is 4.01. The van der Waals surface area contributed by atoms with Crippen molar-refractivity contribution in [1.29, 1.82) is 0 Å². The van der Waals surface area contributed by atoms with Gasteiger partial charge in [0, 0.05) is 36.0 Å². The van der Waals surface area contributed by atoms with Gasteiger partial charge in [0.05, 0.1) is 22.3 Å². The Bertz CT molecular complexity index is 953. The Hall–Kier alpha value is -2.67. The lowest BCUT2D eigenvalue weighted by Gasteiger charge is -2.11. The van der Waals surface area contributed by atoms with E-state index in [0.717, 1.165) is 32.9 Å². The third-order valence-electron chi connectivity index (χ3n) is 4.06. The number of nitrogens with zero attached hydrogens (tertiary/aromatic N) is 3. The maximum Gasteiger partial charge on any atom is 0.131 e. The molecule has 2 aromatic heterocycles. The van der Waals surface area contributed by atoms with E-state index >= 15 is 0 Å². The lowest BCUT2D eigenvalue weighted by molar-refractivity contribution is 0.533. The van der Waals surface area contributed by atoms with Crippen LogP contribution in [0.1, 0.15) is 28.6 Å². The monoisotopic (exact) mass is 356 g/mol. The van der Waals surface area contributed by atoms with Crippen LogP contribution in [-0.4, -0.2) is 15.7 Å². The van der Waals surface area contributed by atoms with Gasteiger partial charge in [0.2, 0.25) is 0 Å². The van der Waals surface area contributed by atoms with Gasteiger partial charge in [0.15, 0.2) is 0 Å². The molecule has 1 N–H and O–H groups in total. The molecule has 0 radical (unpaired) electrons. The first-order valence-corrected chi connectivity index (χ1v) is 8.58. The van der Waals surface area contributed by atoms with Crippen molar-refractivity contribution in [2.45, 2.75) is 19.4 Å². The van der Waals surface area contributed by atoms with E-state index in [1.165, 1.54) is 23.5 Å². The summed E-state index contributed by atoms with van der Waals surface area (Å²) in [5.74, 6) is -1.15. The molecule has 1 aliphatic rings. The molecule has 0 amide bonds. The molecular formula is C18H14F2N4S. The molecule has 126 valence electrons. The number of nitrogens with one attached hydrogen (secondary N) is 1. The second-order valence-electron chi connectivity index (χ2n) is 5.79. The highest BCUT2D eigenvalue weighted by molar-refractivity contribution is 7.17. The number of rotatable bonds is 3. The molecule has 3 heterocycles. The molecule has 1 unspecified atom stereocenters. The van der Waals surface area contributed by atoms with Crippen molar-refractivity contribution in [2.75, 3.05) is 0 Å². The first-order valence-electron chi connectivity index (χ1n) is 7.77. The van der Waals surface area contributed by atoms with Crippen LogP contribution in [0.5, 0.6) is 0 Å². The molecule has 1 aliphatic heterocycles. The summed E-state index contributed by atoms with van der Waals surface area (Å²) in [6.07, 6.45) is 4.02. The quantitative estimate of drug-likeness (QED) is 0.764. The van der Waals surface area contributed by atoms with Gasteiger partial charge in [-0.05, 0) is 25.1 Å². The second-order valence-corrected chi connectivity index (χ2v) is 6.78. The number of halogens is 2. The molecule has 25 heavy (non-hydrogen) atoms. The standard InChI is InChI=1S/C18H14F2N4S/c1-10-17(25-18(22-10)11-3-2-6-21-9-11)16-8-15(23-24-16)13-5-4-12(19)7-14(13)20/h2-7,9,15,23H,8H2,1H3. The molecule has 4 nitrogen and oxygen atoms in total. The molecule has 0 fully saturated rings. The van der Waals surface area contributed by atoms with Crippen LogP contribution in [-0.2, 0) is 0 Å². The summed E-state index contributed by atoms with van der Waals surface area (Å²) < 4.78 is 27.1. The number of pyridine rings is 1. The van der Waals surface area contributed by atoms with Gasteiger partial charge in [-0.3, -0.25) is 4.98 Å². The van der Waals surface area contributed by atoms with Crippen molar-refractivity contribution >= 4 is 17.0 Å². The van der Waals surface area contributed by atoms with E-state index in [2.05, 4.69) is 20.5 Å². The van der Waals surface area contributed by atoms with Crippen molar-refractivity contribution in [1.82, 2.24) is 15.4 Å². The highest BCUT2D eigenvalue weighted by atomic mass is 32.1. The number of benzene rings is 1. The zero-order chi connectivity index (χ0) is 17.4. The molecular weight excluding hydrogens is 342 g/mol. The predicted octanol–water partition coefficient (Wildman–Crippen LogP) is 4.23. The number of hydrazone groups is 1. The Morgan fingerprint density at radius 3 is 2.88 bits per heavy atom. The van der Waals surface area contributed by atoms with Gasteiger partial charge < -0.3 is 5.43 Å². The fourth-order valence-corrected chi connectivity index (χ4v) is 3.88. The van der Waals surface area contributed by atoms with Crippen LogP contribution in [0.4, 0.5) is 8.78 Å². The fourth-order valence-electron chi connectivity index (χ4n) is 2.82. The summed E-state index contributed by atoms with van der Waals surface area (Å²) in [5.41, 5.74) is 6.03. The number of aryl methyl sites for hydroxylation is 1. The average Bonchev–Trinajstić information content (AvgIpc) is 3.22. The first-order chi connectivity index (χ1) is 12.1. The van der Waals surface area contributed by atoms with Gasteiger partial charge in [-0.15, -0.1) is 11.3 Å². The summed E-state index contributed by atoms with van der Waals surface area (Å²) in [6, 6.07) is 7.14. The minimum absolute atomic E-state index is 0.307. The topological polar surface area (TPSA) is 50.2 Å². The average molecular weight is 356 g/mol. The Morgan fingerprint density at radius 1 is 1.24 bits per heavy atom. The third kappa shape index (κ3) is 3.02. The Balaban J connectivity index is 1.59. The van der Waals surface area contributed by atoms with E-state index in [1.54, 1.807) is 12.4 Å². The van der Waals surface area contributed by atoms with Crippen LogP contribution in [0, 0.1) is 18.6 Å². The van der Waals surface area contributed by atoms with Gasteiger partial charge in [0.25, 0.3) is 0 Å². The van der Waals surface area contributed by atoms with Crippen LogP contribution < -0.4 is 5.43 Å². The second kappa shape index (κ2) is 6.33. The highest BCUT2D eigenvalue weighted by Crippen LogP contribution is 2.33. The maximum absolute atomic E-state index is 14.0. The van der Waals surface area contributed by atoms with E-state index in [4.69, 9.17) is 0 Å². The lowest BCUT2D eigenvalue weighted by atomic mass is 10.0. The van der Waals surface area contributed by atoms with Crippen molar-refractivity contribution < 1.29 is 8.78 Å². The number of thiazole rings is 1. The number of hydrogen-bond donors (Lipinski definition) is 1. The van der Waals surface area contributed by atoms with Gasteiger partial charge in [0.1, 0.15) is 16.6 Å². The molecule has 0 bridgehead atoms. The van der Waals surface area contributed by atoms with Crippen molar-refractivity contribution in [3.8, 4) is 10.6 Å². The van der Waals surface area contributed by atoms with E-state index in [0.29, 0.717) is 12.0 Å². The van der Waals surface area contributed by atoms with E-state index in [1.807, 2.05) is 19.1 Å². The van der Waals surface area contributed by atoms with Gasteiger partial charge in [-0.1, -0.05) is 6.07 Å². The largest absolute Gasteiger partial charge is 0.302 e. The summed E-state index contributed by atoms with van der Waals surface area (Å²) in [4.78, 5) is 9.69. The maximum atomic E-state index is 14.0. The minimum Gasteiger partial charge on any atom is -0.302 e.